The van der Waals surface area contributed by atoms with Gasteiger partial charge in [0, 0.05) is 6.42 Å². The Kier molecular flexibility index (Phi) is 2.08. The molecule has 2 heterocycles. The van der Waals surface area contributed by atoms with E-state index in [9.17, 15) is 4.79 Å². The Balaban J connectivity index is 2.05. The summed E-state index contributed by atoms with van der Waals surface area (Å²) in [7, 11) is 0. The van der Waals surface area contributed by atoms with Crippen molar-refractivity contribution in [1.82, 2.24) is 0 Å². The maximum Gasteiger partial charge on any atom is 0.372 e. The van der Waals surface area contributed by atoms with Crippen LogP contribution < -0.4 is 0 Å². The molecule has 2 fully saturated rings. The summed E-state index contributed by atoms with van der Waals surface area (Å²) in [5.41, 5.74) is 0.153. The minimum absolute atomic E-state index is 0.153. The molecule has 2 aliphatic heterocycles. The molecule has 0 radical (unpaired) electrons. The van der Waals surface area contributed by atoms with E-state index in [0.717, 1.165) is 6.42 Å². The zero-order chi connectivity index (χ0) is 10.4. The van der Waals surface area contributed by atoms with Gasteiger partial charge >= 0.3 is 11.8 Å². The molecule has 4 heteroatoms. The van der Waals surface area contributed by atoms with Crippen molar-refractivity contribution in [2.24, 2.45) is 11.3 Å². The first kappa shape index (κ1) is 9.93. The van der Waals surface area contributed by atoms with Crippen molar-refractivity contribution in [2.45, 2.75) is 39.4 Å². The molecule has 1 atom stereocenters. The molecule has 0 aromatic carbocycles. The summed E-state index contributed by atoms with van der Waals surface area (Å²) in [6.07, 6.45) is 1.50. The quantitative estimate of drug-likeness (QED) is 0.339. The van der Waals surface area contributed by atoms with Crippen LogP contribution in [0.3, 0.4) is 0 Å². The highest BCUT2D eigenvalue weighted by Crippen LogP contribution is 2.42. The van der Waals surface area contributed by atoms with Crippen molar-refractivity contribution in [3.63, 3.8) is 0 Å². The third-order valence-corrected chi connectivity index (χ3v) is 3.06. The van der Waals surface area contributed by atoms with E-state index in [4.69, 9.17) is 14.5 Å². The largest absolute Gasteiger partial charge is 0.461 e. The van der Waals surface area contributed by atoms with Crippen LogP contribution in [-0.4, -0.2) is 18.4 Å². The van der Waals surface area contributed by atoms with Gasteiger partial charge in [0.2, 0.25) is 0 Å². The first-order valence-electron chi connectivity index (χ1n) is 4.98. The normalized spacial score (nSPS) is 31.1. The van der Waals surface area contributed by atoms with Crippen LogP contribution in [0.1, 0.15) is 33.6 Å². The molecule has 0 bridgehead atoms. The summed E-state index contributed by atoms with van der Waals surface area (Å²) in [5, 5.41) is 0. The van der Waals surface area contributed by atoms with E-state index in [0.29, 0.717) is 18.9 Å². The highest BCUT2D eigenvalue weighted by atomic mass is 17.4. The van der Waals surface area contributed by atoms with Crippen LogP contribution in [0.25, 0.3) is 0 Å². The number of carbonyl (C=O) groups is 1. The summed E-state index contributed by atoms with van der Waals surface area (Å²) in [6.45, 7) is 6.92. The second kappa shape index (κ2) is 2.94. The fourth-order valence-electron chi connectivity index (χ4n) is 1.72. The highest BCUT2D eigenvalue weighted by molar-refractivity contribution is 5.79. The predicted octanol–water partition coefficient (Wildman–Crippen LogP) is 1.64. The fraction of sp³-hybridized carbons (Fsp3) is 0.900. The second-order valence-corrected chi connectivity index (χ2v) is 5.12. The Morgan fingerprint density at radius 1 is 1.36 bits per heavy atom. The van der Waals surface area contributed by atoms with E-state index < -0.39 is 5.79 Å². The summed E-state index contributed by atoms with van der Waals surface area (Å²) < 4.78 is 5.13. The lowest BCUT2D eigenvalue weighted by Gasteiger charge is -2.28. The summed E-state index contributed by atoms with van der Waals surface area (Å²) in [5.74, 6) is -1.04. The van der Waals surface area contributed by atoms with Gasteiger partial charge in [-0.3, -0.25) is 0 Å². The van der Waals surface area contributed by atoms with Crippen molar-refractivity contribution in [2.75, 3.05) is 6.61 Å². The van der Waals surface area contributed by atoms with Gasteiger partial charge in [-0.25, -0.2) is 4.79 Å². The monoisotopic (exact) mass is 200 g/mol. The smallest absolute Gasteiger partial charge is 0.372 e. The lowest BCUT2D eigenvalue weighted by molar-refractivity contribution is -0.151. The lowest BCUT2D eigenvalue weighted by Crippen LogP contribution is -2.25. The first-order chi connectivity index (χ1) is 6.44. The average molecular weight is 200 g/mol. The van der Waals surface area contributed by atoms with Crippen LogP contribution in [0.4, 0.5) is 0 Å². The third kappa shape index (κ3) is 1.64. The standard InChI is InChI=1S/C10H16O4/c1-9(2,3)7-4-5-10(13-14-10)8(11)12-6-7/h7H,4-6H2,1-3H3. The SMILES string of the molecule is CC(C)(C)C1CCC2(OO2)C(=O)OC1. The maximum absolute atomic E-state index is 11.4. The molecule has 2 aliphatic rings. The lowest BCUT2D eigenvalue weighted by atomic mass is 9.78. The molecule has 0 amide bonds. The molecule has 0 aliphatic carbocycles. The summed E-state index contributed by atoms with van der Waals surface area (Å²) in [4.78, 5) is 20.8. The molecule has 1 unspecified atom stereocenters. The number of cyclic esters (lactones) is 1. The minimum atomic E-state index is -1.04. The predicted molar refractivity (Wildman–Crippen MR) is 48.0 cm³/mol. The maximum atomic E-state index is 11.4. The van der Waals surface area contributed by atoms with E-state index >= 15 is 0 Å². The summed E-state index contributed by atoms with van der Waals surface area (Å²) >= 11 is 0. The number of hydrogen-bond donors (Lipinski definition) is 0. The van der Waals surface area contributed by atoms with Gasteiger partial charge in [0.1, 0.15) is 0 Å². The van der Waals surface area contributed by atoms with Gasteiger partial charge in [0.05, 0.1) is 6.61 Å². The topological polar surface area (TPSA) is 51.4 Å². The molecule has 1 spiro atoms. The molecular formula is C10H16O4. The molecule has 0 aromatic heterocycles. The number of rotatable bonds is 0. The number of esters is 1. The van der Waals surface area contributed by atoms with Gasteiger partial charge in [0.15, 0.2) is 0 Å². The summed E-state index contributed by atoms with van der Waals surface area (Å²) in [6, 6.07) is 0. The molecule has 14 heavy (non-hydrogen) atoms. The van der Waals surface area contributed by atoms with Gasteiger partial charge in [-0.1, -0.05) is 20.8 Å². The van der Waals surface area contributed by atoms with Crippen LogP contribution in [0, 0.1) is 11.3 Å². The molecule has 0 aromatic rings. The van der Waals surface area contributed by atoms with Gasteiger partial charge in [-0.15, -0.1) is 0 Å². The Labute approximate surface area is 83.4 Å². The number of carbonyl (C=O) groups excluding carboxylic acids is 1. The molecule has 80 valence electrons. The first-order valence-corrected chi connectivity index (χ1v) is 4.98. The van der Waals surface area contributed by atoms with Crippen LogP contribution >= 0.6 is 0 Å². The fourth-order valence-corrected chi connectivity index (χ4v) is 1.72. The molecule has 4 nitrogen and oxygen atoms in total. The van der Waals surface area contributed by atoms with E-state index in [1.165, 1.54) is 0 Å². The van der Waals surface area contributed by atoms with E-state index in [1.807, 2.05) is 0 Å². The zero-order valence-corrected chi connectivity index (χ0v) is 8.83. The average Bonchev–Trinajstić information content (AvgIpc) is 2.83. The van der Waals surface area contributed by atoms with Crippen molar-refractivity contribution < 1.29 is 19.3 Å². The molecule has 2 saturated heterocycles. The minimum Gasteiger partial charge on any atom is -0.461 e. The Hall–Kier alpha value is -0.610. The van der Waals surface area contributed by atoms with E-state index in [2.05, 4.69) is 20.8 Å². The van der Waals surface area contributed by atoms with Crippen LogP contribution in [0.15, 0.2) is 0 Å². The second-order valence-electron chi connectivity index (χ2n) is 5.12. The van der Waals surface area contributed by atoms with Gasteiger partial charge in [0.25, 0.3) is 0 Å². The van der Waals surface area contributed by atoms with Crippen molar-refractivity contribution >= 4 is 5.97 Å². The van der Waals surface area contributed by atoms with Gasteiger partial charge in [-0.05, 0) is 17.8 Å². The Bertz CT molecular complexity index is 249. The molecule has 2 rings (SSSR count). The number of ether oxygens (including phenoxy) is 1. The van der Waals surface area contributed by atoms with Crippen molar-refractivity contribution in [3.8, 4) is 0 Å². The van der Waals surface area contributed by atoms with Crippen LogP contribution in [0.5, 0.6) is 0 Å². The van der Waals surface area contributed by atoms with Gasteiger partial charge < -0.3 is 4.74 Å². The van der Waals surface area contributed by atoms with Crippen LogP contribution in [0.2, 0.25) is 0 Å². The third-order valence-electron chi connectivity index (χ3n) is 3.06. The molecular weight excluding hydrogens is 184 g/mol. The highest BCUT2D eigenvalue weighted by Gasteiger charge is 2.59. The van der Waals surface area contributed by atoms with Crippen molar-refractivity contribution in [3.05, 3.63) is 0 Å². The Morgan fingerprint density at radius 2 is 2.00 bits per heavy atom. The van der Waals surface area contributed by atoms with E-state index in [-0.39, 0.29) is 11.4 Å². The number of hydrogen-bond acceptors (Lipinski definition) is 4. The zero-order valence-electron chi connectivity index (χ0n) is 8.83. The van der Waals surface area contributed by atoms with E-state index in [1.54, 1.807) is 0 Å². The van der Waals surface area contributed by atoms with Gasteiger partial charge in [-0.2, -0.15) is 9.78 Å². The van der Waals surface area contributed by atoms with Crippen molar-refractivity contribution in [1.29, 1.82) is 0 Å². The molecule has 0 saturated carbocycles. The van der Waals surface area contributed by atoms with Crippen LogP contribution in [-0.2, 0) is 19.3 Å². The molecule has 0 N–H and O–H groups in total. The Morgan fingerprint density at radius 3 is 2.50 bits per heavy atom.